The molecule has 10 rings (SSSR count). The highest BCUT2D eigenvalue weighted by atomic mass is 16.5. The van der Waals surface area contributed by atoms with Crippen LogP contribution in [0.5, 0.6) is 23.0 Å². The van der Waals surface area contributed by atoms with Gasteiger partial charge in [0.25, 0.3) is 5.70 Å². The van der Waals surface area contributed by atoms with Crippen molar-refractivity contribution in [2.45, 2.75) is 0 Å². The van der Waals surface area contributed by atoms with Crippen molar-refractivity contribution < 1.29 is 29.3 Å². The average molecular weight is 963 g/mol. The van der Waals surface area contributed by atoms with Gasteiger partial charge in [0.15, 0.2) is 0 Å². The van der Waals surface area contributed by atoms with Crippen molar-refractivity contribution in [1.29, 1.82) is 5.26 Å². The summed E-state index contributed by atoms with van der Waals surface area (Å²) in [4.78, 5) is 30.5. The normalized spacial score (nSPS) is 11.3. The Morgan fingerprint density at radius 1 is 0.432 bits per heavy atom. The molecule has 0 aliphatic heterocycles. The van der Waals surface area contributed by atoms with Crippen LogP contribution < -0.4 is 19.3 Å². The van der Waals surface area contributed by atoms with Gasteiger partial charge >= 0.3 is 11.9 Å². The van der Waals surface area contributed by atoms with E-state index in [-0.39, 0.29) is 11.3 Å². The molecular formula is C64H42N4O6. The Labute approximate surface area is 426 Å². The third-order valence-electron chi connectivity index (χ3n) is 12.3. The minimum atomic E-state index is -1.29. The maximum atomic E-state index is 11.6. The van der Waals surface area contributed by atoms with Gasteiger partial charge in [0.2, 0.25) is 0 Å². The third kappa shape index (κ3) is 10.6. The number of nitrogens with zero attached hydrogens (tertiary/aromatic N) is 4. The van der Waals surface area contributed by atoms with Crippen LogP contribution in [-0.2, 0) is 9.59 Å². The predicted octanol–water partition coefficient (Wildman–Crippen LogP) is 16.5. The summed E-state index contributed by atoms with van der Waals surface area (Å²) in [5.74, 6) is 0.215. The summed E-state index contributed by atoms with van der Waals surface area (Å²) in [6, 6.07) is 76.7. The molecule has 0 amide bonds. The second-order valence-corrected chi connectivity index (χ2v) is 17.1. The number of hydrogen-bond acceptors (Lipinski definition) is 7. The highest BCUT2D eigenvalue weighted by Gasteiger charge is 2.17. The number of carboxylic acid groups (broad SMARTS) is 2. The molecule has 0 radical (unpaired) electrons. The second kappa shape index (κ2) is 21.1. The molecule has 0 aliphatic rings. The zero-order valence-electron chi connectivity index (χ0n) is 39.4. The van der Waals surface area contributed by atoms with Gasteiger partial charge in [-0.15, -0.1) is 0 Å². The highest BCUT2D eigenvalue weighted by molar-refractivity contribution is 5.97. The average Bonchev–Trinajstić information content (AvgIpc) is 3.44. The highest BCUT2D eigenvalue weighted by Crippen LogP contribution is 2.40. The minimum absolute atomic E-state index is 0.358. The van der Waals surface area contributed by atoms with E-state index in [1.807, 2.05) is 158 Å². The number of benzene rings is 10. The molecule has 0 aliphatic carbocycles. The van der Waals surface area contributed by atoms with Gasteiger partial charge in [-0.25, -0.2) is 9.64 Å². The lowest BCUT2D eigenvalue weighted by Crippen LogP contribution is -2.10. The molecule has 10 nitrogen and oxygen atoms in total. The maximum absolute atomic E-state index is 11.6. The third-order valence-corrected chi connectivity index (χ3v) is 12.3. The van der Waals surface area contributed by atoms with Crippen molar-refractivity contribution in [3.63, 3.8) is 0 Å². The fourth-order valence-electron chi connectivity index (χ4n) is 8.61. The lowest BCUT2D eigenvalue weighted by molar-refractivity contribution is -0.133. The van der Waals surface area contributed by atoms with Crippen LogP contribution in [-0.4, -0.2) is 22.2 Å². The van der Waals surface area contributed by atoms with E-state index in [2.05, 4.69) is 63.2 Å². The van der Waals surface area contributed by atoms with E-state index in [4.69, 9.17) is 16.0 Å². The Balaban J connectivity index is 0.939. The minimum Gasteiger partial charge on any atom is -0.486 e. The van der Waals surface area contributed by atoms with Crippen LogP contribution in [0.4, 0.5) is 34.1 Å². The van der Waals surface area contributed by atoms with E-state index in [1.165, 1.54) is 12.2 Å². The summed E-state index contributed by atoms with van der Waals surface area (Å²) >= 11 is 0. The van der Waals surface area contributed by atoms with E-state index in [1.54, 1.807) is 30.3 Å². The van der Waals surface area contributed by atoms with Crippen LogP contribution in [0.1, 0.15) is 11.1 Å². The van der Waals surface area contributed by atoms with E-state index in [0.717, 1.165) is 78.3 Å². The molecule has 0 saturated carbocycles. The maximum Gasteiger partial charge on any atom is 0.346 e. The lowest BCUT2D eigenvalue weighted by atomic mass is 10.0. The van der Waals surface area contributed by atoms with Crippen molar-refractivity contribution in [2.75, 3.05) is 9.80 Å². The van der Waals surface area contributed by atoms with Crippen molar-refractivity contribution in [3.05, 3.63) is 264 Å². The Bertz CT molecular complexity index is 3580. The molecule has 2 N–H and O–H groups in total. The van der Waals surface area contributed by atoms with Crippen LogP contribution >= 0.6 is 0 Å². The van der Waals surface area contributed by atoms with Crippen molar-refractivity contribution in [1.82, 2.24) is 0 Å². The van der Waals surface area contributed by atoms with Crippen LogP contribution in [0.3, 0.4) is 0 Å². The van der Waals surface area contributed by atoms with Crippen LogP contribution in [0.2, 0.25) is 0 Å². The number of aliphatic carboxylic acids is 2. The molecule has 10 aromatic carbocycles. The van der Waals surface area contributed by atoms with E-state index >= 15 is 0 Å². The fourth-order valence-corrected chi connectivity index (χ4v) is 8.61. The van der Waals surface area contributed by atoms with Crippen molar-refractivity contribution >= 4 is 79.8 Å². The summed E-state index contributed by atoms with van der Waals surface area (Å²) in [6.45, 7) is 7.30. The van der Waals surface area contributed by atoms with Crippen LogP contribution in [0.25, 0.3) is 49.7 Å². The number of rotatable bonds is 15. The number of fused-ring (bicyclic) bond motifs is 2. The van der Waals surface area contributed by atoms with E-state index in [0.29, 0.717) is 22.6 Å². The zero-order valence-corrected chi connectivity index (χ0v) is 39.4. The monoisotopic (exact) mass is 962 g/mol. The predicted molar refractivity (Wildman–Crippen MR) is 293 cm³/mol. The molecule has 354 valence electrons. The molecule has 10 aromatic rings. The molecule has 0 atom stereocenters. The SMILES string of the molecule is [C-]#[N+]/C(=C\c1ccc(N(c2ccc(Oc3ccc4ccccc4c3)cc2)c2ccc(-c3ccc(N(c4ccc(/C=C(\C#N)C(=O)O)cc4)c4ccc(Oc5ccc6ccccc6c5)cc4)cc3)cc2)cc1)C(=O)O. The van der Waals surface area contributed by atoms with E-state index in [9.17, 15) is 25.1 Å². The summed E-state index contributed by atoms with van der Waals surface area (Å²) in [6.07, 6.45) is 2.70. The summed E-state index contributed by atoms with van der Waals surface area (Å²) in [5, 5.41) is 32.7. The van der Waals surface area contributed by atoms with Gasteiger partial charge in [-0.3, -0.25) is 4.79 Å². The number of carboxylic acids is 2. The Kier molecular flexibility index (Phi) is 13.4. The summed E-state index contributed by atoms with van der Waals surface area (Å²) in [7, 11) is 0. The molecular weight excluding hydrogens is 921 g/mol. The molecule has 0 aromatic heterocycles. The molecule has 10 heteroatoms. The largest absolute Gasteiger partial charge is 0.486 e. The van der Waals surface area contributed by atoms with Gasteiger partial charge < -0.3 is 29.5 Å². The van der Waals surface area contributed by atoms with Crippen molar-refractivity contribution in [2.24, 2.45) is 0 Å². The quantitative estimate of drug-likeness (QED) is 0.0586. The van der Waals surface area contributed by atoms with Gasteiger partial charge in [0.1, 0.15) is 34.6 Å². The number of ether oxygens (including phenoxy) is 2. The molecule has 74 heavy (non-hydrogen) atoms. The van der Waals surface area contributed by atoms with Gasteiger partial charge in [-0.1, -0.05) is 109 Å². The molecule has 0 fully saturated rings. The van der Waals surface area contributed by atoms with Crippen LogP contribution in [0, 0.1) is 17.9 Å². The van der Waals surface area contributed by atoms with Gasteiger partial charge in [-0.2, -0.15) is 5.26 Å². The molecule has 0 unspecified atom stereocenters. The first-order valence-electron chi connectivity index (χ1n) is 23.4. The summed E-state index contributed by atoms with van der Waals surface area (Å²) < 4.78 is 12.6. The Hall–Kier alpha value is -10.7. The lowest BCUT2D eigenvalue weighted by Gasteiger charge is -2.26. The first kappa shape index (κ1) is 47.0. The van der Waals surface area contributed by atoms with E-state index < -0.39 is 11.9 Å². The molecule has 0 heterocycles. The Morgan fingerprint density at radius 2 is 0.770 bits per heavy atom. The number of carbonyl (C=O) groups is 2. The number of nitriles is 1. The molecule has 0 bridgehead atoms. The molecule has 0 spiro atoms. The van der Waals surface area contributed by atoms with Gasteiger partial charge in [0.05, 0.1) is 6.57 Å². The topological polar surface area (TPSA) is 128 Å². The fraction of sp³-hybridized carbons (Fsp3) is 0. The number of hydrogen-bond donors (Lipinski definition) is 2. The second-order valence-electron chi connectivity index (χ2n) is 17.1. The standard InChI is InChI=1S/C64H42N4O6/c1-66-62(64(71)72)39-44-12-22-53(23-13-44)68(57-30-36-59(37-31-57)74-61-33-19-46-7-3-5-9-50(46)41-61)55-26-16-48(17-27-55)47-14-24-54(25-15-47)67(52-20-10-43(11-21-52)38-51(42-65)63(69)70)56-28-34-58(35-29-56)73-60-32-18-45-6-2-4-8-49(45)40-60/h2-41H,(H,69,70)(H,71,72)/b51-38+,62-39-. The summed E-state index contributed by atoms with van der Waals surface area (Å²) in [5.41, 5.74) is 7.44. The first-order chi connectivity index (χ1) is 36.2. The van der Waals surface area contributed by atoms with Gasteiger partial charge in [-0.05, 0) is 177 Å². The zero-order chi connectivity index (χ0) is 51.0. The Morgan fingerprint density at radius 3 is 1.12 bits per heavy atom. The smallest absolute Gasteiger partial charge is 0.346 e. The van der Waals surface area contributed by atoms with Crippen molar-refractivity contribution in [3.8, 4) is 40.2 Å². The van der Waals surface area contributed by atoms with Gasteiger partial charge in [0, 0.05) is 34.1 Å². The molecule has 0 saturated heterocycles. The number of anilines is 6. The van der Waals surface area contributed by atoms with Crippen LogP contribution in [0.15, 0.2) is 242 Å². The first-order valence-corrected chi connectivity index (χ1v) is 23.4.